The summed E-state index contributed by atoms with van der Waals surface area (Å²) < 4.78 is 27.9. The van der Waals surface area contributed by atoms with Crippen LogP contribution in [0.15, 0.2) is 23.1 Å². The van der Waals surface area contributed by atoms with Gasteiger partial charge in [0.1, 0.15) is 0 Å². The Kier molecular flexibility index (Phi) is 4.72. The molecule has 0 heterocycles. The lowest BCUT2D eigenvalue weighted by Crippen LogP contribution is -2.50. The summed E-state index contributed by atoms with van der Waals surface area (Å²) in [5, 5.41) is 8.79. The fourth-order valence-electron chi connectivity index (χ4n) is 2.38. The van der Waals surface area contributed by atoms with Gasteiger partial charge >= 0.3 is 0 Å². The molecule has 0 aromatic heterocycles. The maximum Gasteiger partial charge on any atom is 0.242 e. The average Bonchev–Trinajstić information content (AvgIpc) is 2.36. The Hall–Kier alpha value is -1.35. The Bertz CT molecular complexity index is 679. The third-order valence-electron chi connectivity index (χ3n) is 3.72. The van der Waals surface area contributed by atoms with Gasteiger partial charge < -0.3 is 5.11 Å². The van der Waals surface area contributed by atoms with Gasteiger partial charge in [0.15, 0.2) is 0 Å². The zero-order chi connectivity index (χ0) is 15.5. The van der Waals surface area contributed by atoms with Crippen molar-refractivity contribution in [1.82, 2.24) is 4.72 Å². The van der Waals surface area contributed by atoms with Crippen molar-refractivity contribution < 1.29 is 13.5 Å². The van der Waals surface area contributed by atoms with Crippen LogP contribution in [0.2, 0.25) is 0 Å². The van der Waals surface area contributed by atoms with Crippen LogP contribution in [0, 0.1) is 18.8 Å². The summed E-state index contributed by atoms with van der Waals surface area (Å²) in [6, 6.07) is 5.14. The third kappa shape index (κ3) is 3.85. The molecule has 0 aliphatic heterocycles. The van der Waals surface area contributed by atoms with E-state index >= 15 is 0 Å². The zero-order valence-corrected chi connectivity index (χ0v) is 13.3. The number of hydrogen-bond donors (Lipinski definition) is 2. The van der Waals surface area contributed by atoms with E-state index in [9.17, 15) is 8.42 Å². The van der Waals surface area contributed by atoms with Crippen molar-refractivity contribution in [3.63, 3.8) is 0 Å². The maximum atomic E-state index is 12.6. The highest BCUT2D eigenvalue weighted by molar-refractivity contribution is 7.89. The lowest BCUT2D eigenvalue weighted by atomic mass is 9.80. The molecule has 2 N–H and O–H groups in total. The summed E-state index contributed by atoms with van der Waals surface area (Å²) in [5.74, 6) is 5.64. The summed E-state index contributed by atoms with van der Waals surface area (Å²) >= 11 is 0. The fraction of sp³-hybridized carbons (Fsp3) is 0.500. The zero-order valence-electron chi connectivity index (χ0n) is 12.4. The highest BCUT2D eigenvalue weighted by Crippen LogP contribution is 2.33. The maximum absolute atomic E-state index is 12.6. The molecule has 0 radical (unpaired) electrons. The summed E-state index contributed by atoms with van der Waals surface area (Å²) in [7, 11) is -3.58. The molecule has 1 aliphatic rings. The van der Waals surface area contributed by atoms with Crippen molar-refractivity contribution in [1.29, 1.82) is 0 Å². The van der Waals surface area contributed by atoms with Crippen molar-refractivity contribution in [2.45, 2.75) is 50.0 Å². The number of sulfonamides is 1. The number of aliphatic hydroxyl groups is 1. The Labute approximate surface area is 126 Å². The Morgan fingerprint density at radius 1 is 1.38 bits per heavy atom. The number of benzene rings is 1. The van der Waals surface area contributed by atoms with Crippen LogP contribution in [0.3, 0.4) is 0 Å². The summed E-state index contributed by atoms with van der Waals surface area (Å²) in [6.45, 7) is 3.80. The van der Waals surface area contributed by atoms with E-state index in [1.54, 1.807) is 18.2 Å². The summed E-state index contributed by atoms with van der Waals surface area (Å²) in [5.41, 5.74) is 1.11. The van der Waals surface area contributed by atoms with Crippen LogP contribution in [-0.4, -0.2) is 25.7 Å². The minimum absolute atomic E-state index is 0.0305. The van der Waals surface area contributed by atoms with E-state index in [0.29, 0.717) is 12.0 Å². The second kappa shape index (κ2) is 6.18. The van der Waals surface area contributed by atoms with Gasteiger partial charge in [-0.1, -0.05) is 17.9 Å². The first-order valence-electron chi connectivity index (χ1n) is 7.11. The monoisotopic (exact) mass is 307 g/mol. The standard InChI is InChI=1S/C16H21NO3S/c1-13-7-8-15(14(12-13)6-3-4-11-18)21(19,20)17-16(2)9-5-10-16/h7-8,12,17-18H,4-5,9-11H2,1-2H3. The van der Waals surface area contributed by atoms with Crippen LogP contribution >= 0.6 is 0 Å². The second-order valence-electron chi connectivity index (χ2n) is 5.79. The molecule has 0 saturated heterocycles. The lowest BCUT2D eigenvalue weighted by Gasteiger charge is -2.38. The van der Waals surface area contributed by atoms with Gasteiger partial charge in [-0.25, -0.2) is 13.1 Å². The molecular formula is C16H21NO3S. The molecule has 1 fully saturated rings. The van der Waals surface area contributed by atoms with E-state index in [2.05, 4.69) is 16.6 Å². The van der Waals surface area contributed by atoms with Gasteiger partial charge in [0.2, 0.25) is 10.0 Å². The van der Waals surface area contributed by atoms with Crippen molar-refractivity contribution in [3.8, 4) is 11.8 Å². The van der Waals surface area contributed by atoms with E-state index in [-0.39, 0.29) is 17.0 Å². The molecule has 1 aliphatic carbocycles. The number of hydrogen-bond acceptors (Lipinski definition) is 3. The van der Waals surface area contributed by atoms with E-state index < -0.39 is 10.0 Å². The van der Waals surface area contributed by atoms with Gasteiger partial charge in [-0.2, -0.15) is 0 Å². The topological polar surface area (TPSA) is 66.4 Å². The third-order valence-corrected chi connectivity index (χ3v) is 5.42. The Morgan fingerprint density at radius 2 is 2.10 bits per heavy atom. The van der Waals surface area contributed by atoms with E-state index in [4.69, 9.17) is 5.11 Å². The van der Waals surface area contributed by atoms with Crippen molar-refractivity contribution >= 4 is 10.0 Å². The van der Waals surface area contributed by atoms with Gasteiger partial charge in [-0.3, -0.25) is 0 Å². The highest BCUT2D eigenvalue weighted by atomic mass is 32.2. The first-order chi connectivity index (χ1) is 9.86. The van der Waals surface area contributed by atoms with Gasteiger partial charge in [0, 0.05) is 17.5 Å². The summed E-state index contributed by atoms with van der Waals surface area (Å²) in [4.78, 5) is 0.215. The average molecular weight is 307 g/mol. The van der Waals surface area contributed by atoms with E-state index in [1.807, 2.05) is 13.8 Å². The molecule has 0 atom stereocenters. The molecule has 114 valence electrons. The van der Waals surface area contributed by atoms with Crippen molar-refractivity contribution in [2.24, 2.45) is 0 Å². The summed E-state index contributed by atoms with van der Waals surface area (Å²) in [6.07, 6.45) is 3.11. The minimum atomic E-state index is -3.58. The van der Waals surface area contributed by atoms with Crippen LogP contribution in [-0.2, 0) is 10.0 Å². The van der Waals surface area contributed by atoms with Gasteiger partial charge in [-0.05, 0) is 50.8 Å². The predicted octanol–water partition coefficient (Wildman–Crippen LogP) is 1.95. The van der Waals surface area contributed by atoms with Crippen molar-refractivity contribution in [3.05, 3.63) is 29.3 Å². The normalized spacial score (nSPS) is 16.7. The molecule has 4 nitrogen and oxygen atoms in total. The quantitative estimate of drug-likeness (QED) is 0.836. The van der Waals surface area contributed by atoms with Crippen LogP contribution in [0.5, 0.6) is 0 Å². The second-order valence-corrected chi connectivity index (χ2v) is 7.45. The SMILES string of the molecule is Cc1ccc(S(=O)(=O)NC2(C)CCC2)c(C#CCCO)c1. The molecule has 0 bridgehead atoms. The number of aryl methyl sites for hydroxylation is 1. The fourth-order valence-corrected chi connectivity index (χ4v) is 3.99. The number of rotatable bonds is 4. The van der Waals surface area contributed by atoms with Gasteiger partial charge in [0.25, 0.3) is 0 Å². The number of aliphatic hydroxyl groups excluding tert-OH is 1. The first kappa shape index (κ1) is 16.0. The molecule has 1 aromatic carbocycles. The molecule has 1 saturated carbocycles. The van der Waals surface area contributed by atoms with Gasteiger partial charge in [0.05, 0.1) is 11.5 Å². The minimum Gasteiger partial charge on any atom is -0.395 e. The highest BCUT2D eigenvalue weighted by Gasteiger charge is 2.36. The van der Waals surface area contributed by atoms with E-state index in [1.165, 1.54) is 0 Å². The Balaban J connectivity index is 2.36. The molecule has 0 spiro atoms. The molecule has 1 aromatic rings. The number of nitrogens with one attached hydrogen (secondary N) is 1. The van der Waals surface area contributed by atoms with Crippen LogP contribution in [0.25, 0.3) is 0 Å². The van der Waals surface area contributed by atoms with Crippen LogP contribution < -0.4 is 4.72 Å². The Morgan fingerprint density at radius 3 is 2.67 bits per heavy atom. The largest absolute Gasteiger partial charge is 0.395 e. The molecule has 5 heteroatoms. The lowest BCUT2D eigenvalue weighted by molar-refractivity contribution is 0.248. The van der Waals surface area contributed by atoms with E-state index in [0.717, 1.165) is 24.8 Å². The molecular weight excluding hydrogens is 286 g/mol. The van der Waals surface area contributed by atoms with Crippen LogP contribution in [0.4, 0.5) is 0 Å². The van der Waals surface area contributed by atoms with Crippen molar-refractivity contribution in [2.75, 3.05) is 6.61 Å². The molecule has 0 amide bonds. The molecule has 21 heavy (non-hydrogen) atoms. The smallest absolute Gasteiger partial charge is 0.242 e. The van der Waals surface area contributed by atoms with Crippen LogP contribution in [0.1, 0.15) is 43.7 Å². The molecule has 2 rings (SSSR count). The first-order valence-corrected chi connectivity index (χ1v) is 8.59. The predicted molar refractivity (Wildman–Crippen MR) is 82.3 cm³/mol. The van der Waals surface area contributed by atoms with Gasteiger partial charge in [-0.15, -0.1) is 0 Å². The molecule has 0 unspecified atom stereocenters.